The lowest BCUT2D eigenvalue weighted by Crippen LogP contribution is -2.37. The maximum Gasteiger partial charge on any atom is 0.309 e. The molecule has 11 heteroatoms. The summed E-state index contributed by atoms with van der Waals surface area (Å²) in [5.74, 6) is 1.42. The van der Waals surface area contributed by atoms with Gasteiger partial charge in [0, 0.05) is 11.5 Å². The Morgan fingerprint density at radius 1 is 1.10 bits per heavy atom. The van der Waals surface area contributed by atoms with Gasteiger partial charge in [0.05, 0.1) is 54.1 Å². The molecule has 0 aliphatic carbocycles. The van der Waals surface area contributed by atoms with Gasteiger partial charge in [-0.3, -0.25) is 9.36 Å². The van der Waals surface area contributed by atoms with Gasteiger partial charge < -0.3 is 33.6 Å². The van der Waals surface area contributed by atoms with Crippen LogP contribution in [0.3, 0.4) is 0 Å². The quantitative estimate of drug-likeness (QED) is 0.126. The van der Waals surface area contributed by atoms with Gasteiger partial charge in [-0.15, -0.1) is 0 Å². The Morgan fingerprint density at radius 2 is 1.61 bits per heavy atom. The van der Waals surface area contributed by atoms with Crippen molar-refractivity contribution in [1.29, 1.82) is 0 Å². The summed E-state index contributed by atoms with van der Waals surface area (Å²) in [6.45, 7) is 5.55. The lowest BCUT2D eigenvalue weighted by atomic mass is 10.2. The molecular weight excluding hydrogens is 443 g/mol. The van der Waals surface area contributed by atoms with Gasteiger partial charge in [-0.2, -0.15) is 11.8 Å². The lowest BCUT2D eigenvalue weighted by molar-refractivity contribution is -0.870. The second-order valence-electron chi connectivity index (χ2n) is 6.70. The van der Waals surface area contributed by atoms with E-state index in [-0.39, 0.29) is 61.5 Å². The van der Waals surface area contributed by atoms with E-state index < -0.39 is 7.82 Å². The van der Waals surface area contributed by atoms with Crippen LogP contribution in [0.25, 0.3) is 0 Å². The third kappa shape index (κ3) is 34.6. The van der Waals surface area contributed by atoms with Crippen LogP contribution in [0.15, 0.2) is 0 Å². The summed E-state index contributed by atoms with van der Waals surface area (Å²) in [4.78, 5) is 22.0. The molecule has 0 aliphatic heterocycles. The molecule has 0 aliphatic rings. The first-order chi connectivity index (χ1) is 12.5. The van der Waals surface area contributed by atoms with Crippen LogP contribution in [0.2, 0.25) is 0 Å². The maximum atomic E-state index is 11.1. The van der Waals surface area contributed by atoms with E-state index in [1.165, 1.54) is 7.11 Å². The molecule has 0 spiro atoms. The van der Waals surface area contributed by atoms with Gasteiger partial charge in [0.1, 0.15) is 13.2 Å². The highest BCUT2D eigenvalue weighted by atomic mass is 32.2. The van der Waals surface area contributed by atoms with Crippen molar-refractivity contribution in [3.05, 3.63) is 0 Å². The predicted molar refractivity (Wildman–Crippen MR) is 133 cm³/mol. The summed E-state index contributed by atoms with van der Waals surface area (Å²) in [5, 5.41) is 0. The molecule has 0 saturated carbocycles. The first-order valence-electron chi connectivity index (χ1n) is 8.83. The average molecular weight is 497 g/mol. The van der Waals surface area contributed by atoms with E-state index in [0.717, 1.165) is 11.5 Å². The number of methoxy groups -OCH3 is 1. The summed E-state index contributed by atoms with van der Waals surface area (Å²) in [6.07, 6.45) is 0.658. The predicted octanol–water partition coefficient (Wildman–Crippen LogP) is 3.61. The summed E-state index contributed by atoms with van der Waals surface area (Å²) in [7, 11) is 3.24. The topological polar surface area (TPSA) is 120 Å². The minimum Gasteiger partial charge on any atom is -0.756 e. The summed E-state index contributed by atoms with van der Waals surface area (Å²) in [5.41, 5.74) is 5.13. The molecule has 9 nitrogen and oxygen atoms in total. The van der Waals surface area contributed by atoms with Crippen molar-refractivity contribution < 1.29 is 37.3 Å². The number of esters is 1. The zero-order chi connectivity index (χ0) is 21.3. The van der Waals surface area contributed by atoms with E-state index in [4.69, 9.17) is 10.5 Å². The molecule has 2 atom stereocenters. The van der Waals surface area contributed by atoms with Crippen LogP contribution in [0.4, 0.5) is 0 Å². The number of rotatable bonds is 14. The second kappa shape index (κ2) is 26.1. The van der Waals surface area contributed by atoms with Gasteiger partial charge in [0.15, 0.2) is 0 Å². The van der Waals surface area contributed by atoms with Gasteiger partial charge in [-0.1, -0.05) is 43.6 Å². The zero-order valence-electron chi connectivity index (χ0n) is 17.5. The molecule has 0 amide bonds. The number of phosphoric ester groups is 1. The molecule has 0 aromatic carbocycles. The van der Waals surface area contributed by atoms with Crippen LogP contribution in [0, 0.1) is 5.92 Å². The number of ether oxygens (including phenoxy) is 2. The number of likely N-dealkylation sites (N-methyl/N-ethyl adjacent to an activating group) is 1. The standard InChI is InChI=1S/C8H20NO4P.C8H17NO3S.4CH4/c1-5-7-12-14(10,11)13-8-6-9(2,3)4;1-7(8(10)11-2)5-13-4-3-12-6-9;;;;/h5-8H2,1-4H3;7H,3-6,9H2,1-2H3;4*1H4. The SMILES string of the molecule is C.C.C.C.CCCOP(=O)([O-])OCC[N+](C)(C)C.COC(=O)C(C)CSCCOCN. The highest BCUT2D eigenvalue weighted by molar-refractivity contribution is 7.99. The fourth-order valence-electron chi connectivity index (χ4n) is 1.40. The fourth-order valence-corrected chi connectivity index (χ4v) is 3.08. The largest absolute Gasteiger partial charge is 0.756 e. The number of nitrogens with two attached hydrogens (primary N) is 1. The van der Waals surface area contributed by atoms with Gasteiger partial charge in [0.2, 0.25) is 0 Å². The van der Waals surface area contributed by atoms with Crippen molar-refractivity contribution in [2.75, 3.05) is 72.9 Å². The number of nitrogens with zero attached hydrogens (tertiary/aromatic N) is 1. The number of hydrogen-bond donors (Lipinski definition) is 1. The number of thioether (sulfide) groups is 1. The average Bonchev–Trinajstić information content (AvgIpc) is 2.58. The Morgan fingerprint density at radius 3 is 2.03 bits per heavy atom. The molecule has 0 radical (unpaired) electrons. The number of carbonyl (C=O) groups is 1. The van der Waals surface area contributed by atoms with Crippen LogP contribution in [-0.2, 0) is 27.9 Å². The van der Waals surface area contributed by atoms with Crippen LogP contribution in [0.1, 0.15) is 50.0 Å². The van der Waals surface area contributed by atoms with Crippen LogP contribution < -0.4 is 10.6 Å². The highest BCUT2D eigenvalue weighted by Gasteiger charge is 2.13. The number of quaternary nitrogens is 1. The minimum absolute atomic E-state index is 0. The third-order valence-electron chi connectivity index (χ3n) is 2.93. The van der Waals surface area contributed by atoms with E-state index in [0.29, 0.717) is 24.1 Å². The van der Waals surface area contributed by atoms with E-state index in [9.17, 15) is 14.3 Å². The molecule has 0 aromatic rings. The van der Waals surface area contributed by atoms with Crippen molar-refractivity contribution >= 4 is 25.6 Å². The Bertz CT molecular complexity index is 425. The second-order valence-corrected chi connectivity index (χ2v) is 9.26. The Kier molecular flexibility index (Phi) is 37.4. The van der Waals surface area contributed by atoms with Crippen LogP contribution in [0.5, 0.6) is 0 Å². The smallest absolute Gasteiger partial charge is 0.309 e. The molecule has 0 rings (SSSR count). The van der Waals surface area contributed by atoms with Gasteiger partial charge in [-0.05, 0) is 6.42 Å². The number of hydrogen-bond acceptors (Lipinski definition) is 9. The highest BCUT2D eigenvalue weighted by Crippen LogP contribution is 2.37. The molecule has 0 heterocycles. The molecule has 0 bridgehead atoms. The summed E-state index contributed by atoms with van der Waals surface area (Å²) >= 11 is 1.66. The molecule has 2 unspecified atom stereocenters. The molecule has 0 saturated heterocycles. The summed E-state index contributed by atoms with van der Waals surface area (Å²) < 4.78 is 30.5. The maximum absolute atomic E-state index is 11.1. The lowest BCUT2D eigenvalue weighted by Gasteiger charge is -2.27. The first-order valence-corrected chi connectivity index (χ1v) is 11.4. The fraction of sp³-hybridized carbons (Fsp3) is 0.950. The van der Waals surface area contributed by atoms with Crippen molar-refractivity contribution in [3.8, 4) is 0 Å². The van der Waals surface area contributed by atoms with E-state index in [1.54, 1.807) is 11.8 Å². The molecule has 31 heavy (non-hydrogen) atoms. The molecule has 0 aromatic heterocycles. The van der Waals surface area contributed by atoms with Crippen molar-refractivity contribution in [2.24, 2.45) is 11.7 Å². The number of phosphoric acid groups is 1. The van der Waals surface area contributed by atoms with Crippen LogP contribution >= 0.6 is 19.6 Å². The Hall–Kier alpha value is -0.190. The normalized spacial score (nSPS) is 12.8. The van der Waals surface area contributed by atoms with E-state index in [1.807, 2.05) is 35.0 Å². The molecule has 2 N–H and O–H groups in total. The first kappa shape index (κ1) is 44.5. The number of carbonyl (C=O) groups excluding carboxylic acids is 1. The van der Waals surface area contributed by atoms with Gasteiger partial charge >= 0.3 is 5.97 Å². The molecule has 196 valence electrons. The zero-order valence-corrected chi connectivity index (χ0v) is 19.2. The van der Waals surface area contributed by atoms with Gasteiger partial charge in [-0.25, -0.2) is 0 Å². The Labute approximate surface area is 197 Å². The molecule has 0 fully saturated rings. The Balaban J connectivity index is -0.0000000895. The van der Waals surface area contributed by atoms with Crippen molar-refractivity contribution in [2.45, 2.75) is 50.0 Å². The minimum atomic E-state index is -4.06. The van der Waals surface area contributed by atoms with Gasteiger partial charge in [0.25, 0.3) is 7.82 Å². The molecular formula is C20H53N2O7PS. The van der Waals surface area contributed by atoms with Crippen LogP contribution in [-0.4, -0.2) is 83.3 Å². The monoisotopic (exact) mass is 496 g/mol. The van der Waals surface area contributed by atoms with E-state index in [2.05, 4.69) is 13.8 Å². The third-order valence-corrected chi connectivity index (χ3v) is 5.11. The van der Waals surface area contributed by atoms with Crippen molar-refractivity contribution in [3.63, 3.8) is 0 Å². The van der Waals surface area contributed by atoms with Crippen molar-refractivity contribution in [1.82, 2.24) is 0 Å². The summed E-state index contributed by atoms with van der Waals surface area (Å²) in [6, 6.07) is 0. The van der Waals surface area contributed by atoms with E-state index >= 15 is 0 Å².